The highest BCUT2D eigenvalue weighted by atomic mass is 32.2. The Kier molecular flexibility index (Phi) is 7.54. The van der Waals surface area contributed by atoms with Crippen LogP contribution in [0, 0.1) is 0 Å². The van der Waals surface area contributed by atoms with Gasteiger partial charge in [0.1, 0.15) is 0 Å². The van der Waals surface area contributed by atoms with E-state index in [1.54, 1.807) is 16.7 Å². The van der Waals surface area contributed by atoms with Gasteiger partial charge in [0.25, 0.3) is 5.56 Å². The van der Waals surface area contributed by atoms with E-state index in [2.05, 4.69) is 21.7 Å². The summed E-state index contributed by atoms with van der Waals surface area (Å²) in [5, 5.41) is 6.08. The molecule has 0 unspecified atom stereocenters. The fourth-order valence-corrected chi connectivity index (χ4v) is 4.33. The zero-order chi connectivity index (χ0) is 22.4. The molecule has 2 aromatic rings. The van der Waals surface area contributed by atoms with Crippen LogP contribution in [0.4, 0.5) is 4.79 Å². The number of nitrogens with one attached hydrogen (secondary N) is 2. The first-order valence-corrected chi connectivity index (χ1v) is 11.6. The first-order chi connectivity index (χ1) is 14.7. The molecule has 0 bridgehead atoms. The summed E-state index contributed by atoms with van der Waals surface area (Å²) >= 11 is 1.17. The monoisotopic (exact) mass is 442 g/mol. The van der Waals surface area contributed by atoms with Crippen molar-refractivity contribution in [2.24, 2.45) is 0 Å². The van der Waals surface area contributed by atoms with Gasteiger partial charge in [-0.1, -0.05) is 35.5 Å². The third-order valence-corrected chi connectivity index (χ3v) is 5.92. The van der Waals surface area contributed by atoms with Crippen molar-refractivity contribution >= 4 is 34.6 Å². The molecule has 1 heterocycles. The molecule has 8 heteroatoms. The summed E-state index contributed by atoms with van der Waals surface area (Å²) in [6.45, 7) is 6.04. The lowest BCUT2D eigenvalue weighted by molar-refractivity contribution is -0.117. The number of carbonyl (C=O) groups excluding carboxylic acids is 2. The van der Waals surface area contributed by atoms with Gasteiger partial charge >= 0.3 is 6.03 Å². The smallest absolute Gasteiger partial charge is 0.321 e. The molecule has 1 aliphatic carbocycles. The number of rotatable bonds is 6. The Morgan fingerprint density at radius 2 is 1.97 bits per heavy atom. The van der Waals surface area contributed by atoms with Crippen molar-refractivity contribution in [1.29, 1.82) is 0 Å². The van der Waals surface area contributed by atoms with Crippen molar-refractivity contribution < 1.29 is 9.59 Å². The number of allylic oxidation sites excluding steroid dienone is 2. The second-order valence-electron chi connectivity index (χ2n) is 8.77. The van der Waals surface area contributed by atoms with E-state index in [9.17, 15) is 14.4 Å². The SMILES string of the molecule is CC(C)(C)NC(=O)NC(=O)CSc1nc2ccccc2c(=O)n1CCC1=CCCCC1. The molecule has 1 aromatic heterocycles. The largest absolute Gasteiger partial charge is 0.333 e. The van der Waals surface area contributed by atoms with E-state index in [0.717, 1.165) is 19.3 Å². The zero-order valence-electron chi connectivity index (χ0n) is 18.4. The molecule has 1 aliphatic rings. The fourth-order valence-electron chi connectivity index (χ4n) is 3.51. The van der Waals surface area contributed by atoms with Crippen LogP contribution in [-0.2, 0) is 11.3 Å². The van der Waals surface area contributed by atoms with Crippen molar-refractivity contribution in [3.05, 3.63) is 46.3 Å². The summed E-state index contributed by atoms with van der Waals surface area (Å²) < 4.78 is 1.66. The molecule has 3 amide bonds. The highest BCUT2D eigenvalue weighted by Crippen LogP contribution is 2.23. The molecule has 0 atom stereocenters. The normalized spacial score (nSPS) is 14.2. The van der Waals surface area contributed by atoms with Gasteiger partial charge in [-0.25, -0.2) is 9.78 Å². The Morgan fingerprint density at radius 3 is 2.68 bits per heavy atom. The number of hydrogen-bond donors (Lipinski definition) is 2. The van der Waals surface area contributed by atoms with Crippen LogP contribution < -0.4 is 16.2 Å². The molecule has 0 spiro atoms. The number of carbonyl (C=O) groups is 2. The summed E-state index contributed by atoms with van der Waals surface area (Å²) in [5.74, 6) is -0.443. The Labute approximate surface area is 186 Å². The number of amides is 3. The number of para-hydroxylation sites is 1. The summed E-state index contributed by atoms with van der Waals surface area (Å²) in [6, 6.07) is 6.70. The zero-order valence-corrected chi connectivity index (χ0v) is 19.2. The number of imide groups is 1. The Morgan fingerprint density at radius 1 is 1.19 bits per heavy atom. The molecule has 0 fully saturated rings. The van der Waals surface area contributed by atoms with Gasteiger partial charge in [0.15, 0.2) is 5.16 Å². The molecule has 0 radical (unpaired) electrons. The summed E-state index contributed by atoms with van der Waals surface area (Å²) in [5.41, 5.74) is 1.44. The second-order valence-corrected chi connectivity index (χ2v) is 9.71. The van der Waals surface area contributed by atoms with Crippen molar-refractivity contribution in [3.8, 4) is 0 Å². The van der Waals surface area contributed by atoms with E-state index in [4.69, 9.17) is 0 Å². The van der Waals surface area contributed by atoms with Crippen molar-refractivity contribution in [1.82, 2.24) is 20.2 Å². The molecule has 7 nitrogen and oxygen atoms in total. The first-order valence-electron chi connectivity index (χ1n) is 10.7. The molecule has 31 heavy (non-hydrogen) atoms. The van der Waals surface area contributed by atoms with Gasteiger partial charge in [0.05, 0.1) is 16.7 Å². The van der Waals surface area contributed by atoms with Crippen LogP contribution in [0.2, 0.25) is 0 Å². The summed E-state index contributed by atoms with van der Waals surface area (Å²) in [6.07, 6.45) is 7.65. The maximum atomic E-state index is 13.1. The fraction of sp³-hybridized carbons (Fsp3) is 0.478. The third kappa shape index (κ3) is 6.69. The average molecular weight is 443 g/mol. The van der Waals surface area contributed by atoms with E-state index in [1.165, 1.54) is 30.2 Å². The number of urea groups is 1. The van der Waals surface area contributed by atoms with E-state index >= 15 is 0 Å². The Hall–Kier alpha value is -2.61. The molecule has 2 N–H and O–H groups in total. The van der Waals surface area contributed by atoms with Gasteiger partial charge in [0.2, 0.25) is 5.91 Å². The molecule has 0 saturated heterocycles. The predicted molar refractivity (Wildman–Crippen MR) is 124 cm³/mol. The summed E-state index contributed by atoms with van der Waals surface area (Å²) in [7, 11) is 0. The molecular formula is C23H30N4O3S. The number of thioether (sulfide) groups is 1. The highest BCUT2D eigenvalue weighted by Gasteiger charge is 2.18. The average Bonchev–Trinajstić information content (AvgIpc) is 2.71. The molecule has 3 rings (SSSR count). The molecule has 166 valence electrons. The first kappa shape index (κ1) is 23.1. The molecule has 0 aliphatic heterocycles. The van der Waals surface area contributed by atoms with E-state index in [-0.39, 0.29) is 11.3 Å². The highest BCUT2D eigenvalue weighted by molar-refractivity contribution is 7.99. The lowest BCUT2D eigenvalue weighted by atomic mass is 9.97. The van der Waals surface area contributed by atoms with Gasteiger partial charge in [-0.15, -0.1) is 0 Å². The van der Waals surface area contributed by atoms with E-state index < -0.39 is 17.5 Å². The van der Waals surface area contributed by atoms with Gasteiger partial charge < -0.3 is 5.32 Å². The third-order valence-electron chi connectivity index (χ3n) is 4.94. The van der Waals surface area contributed by atoms with Crippen LogP contribution in [0.1, 0.15) is 52.9 Å². The van der Waals surface area contributed by atoms with Crippen LogP contribution in [0.3, 0.4) is 0 Å². The van der Waals surface area contributed by atoms with Crippen molar-refractivity contribution in [3.63, 3.8) is 0 Å². The quantitative estimate of drug-likeness (QED) is 0.401. The Balaban J connectivity index is 1.76. The van der Waals surface area contributed by atoms with Crippen LogP contribution in [0.25, 0.3) is 10.9 Å². The topological polar surface area (TPSA) is 93.1 Å². The number of hydrogen-bond acceptors (Lipinski definition) is 5. The minimum absolute atomic E-state index is 0.00889. The lowest BCUT2D eigenvalue weighted by Crippen LogP contribution is -2.48. The number of aromatic nitrogens is 2. The number of benzene rings is 1. The lowest BCUT2D eigenvalue weighted by Gasteiger charge is -2.20. The minimum atomic E-state index is -0.536. The number of nitrogens with zero attached hydrogens (tertiary/aromatic N) is 2. The second kappa shape index (κ2) is 10.1. The van der Waals surface area contributed by atoms with Crippen LogP contribution in [0.15, 0.2) is 45.9 Å². The Bertz CT molecular complexity index is 1050. The van der Waals surface area contributed by atoms with E-state index in [0.29, 0.717) is 22.6 Å². The van der Waals surface area contributed by atoms with E-state index in [1.807, 2.05) is 32.9 Å². The van der Waals surface area contributed by atoms with Crippen molar-refractivity contribution in [2.75, 3.05) is 5.75 Å². The standard InChI is InChI=1S/C23H30N4O3S/c1-23(2,3)26-21(30)25-19(28)15-31-22-24-18-12-8-7-11-17(18)20(29)27(22)14-13-16-9-5-4-6-10-16/h7-9,11-12H,4-6,10,13-15H2,1-3H3,(H2,25,26,28,30). The molecular weight excluding hydrogens is 412 g/mol. The van der Waals surface area contributed by atoms with Crippen LogP contribution >= 0.6 is 11.8 Å². The number of fused-ring (bicyclic) bond motifs is 1. The van der Waals surface area contributed by atoms with Gasteiger partial charge in [-0.2, -0.15) is 0 Å². The summed E-state index contributed by atoms with van der Waals surface area (Å²) in [4.78, 5) is 41.9. The van der Waals surface area contributed by atoms with Gasteiger partial charge in [-0.05, 0) is 65.0 Å². The maximum absolute atomic E-state index is 13.1. The minimum Gasteiger partial charge on any atom is -0.333 e. The maximum Gasteiger partial charge on any atom is 0.321 e. The predicted octanol–water partition coefficient (Wildman–Crippen LogP) is 4.00. The van der Waals surface area contributed by atoms with Gasteiger partial charge in [0, 0.05) is 12.1 Å². The molecule has 0 saturated carbocycles. The van der Waals surface area contributed by atoms with Crippen LogP contribution in [0.5, 0.6) is 0 Å². The molecule has 1 aromatic carbocycles. The van der Waals surface area contributed by atoms with Crippen molar-refractivity contribution in [2.45, 2.75) is 70.1 Å². The van der Waals surface area contributed by atoms with Gasteiger partial charge in [-0.3, -0.25) is 19.5 Å². The van der Waals surface area contributed by atoms with Crippen LogP contribution in [-0.4, -0.2) is 32.8 Å².